The van der Waals surface area contributed by atoms with E-state index in [0.29, 0.717) is 30.9 Å². The van der Waals surface area contributed by atoms with Crippen molar-refractivity contribution in [3.8, 4) is 5.75 Å². The van der Waals surface area contributed by atoms with Gasteiger partial charge in [0.1, 0.15) is 11.6 Å². The van der Waals surface area contributed by atoms with Crippen molar-refractivity contribution in [3.05, 3.63) is 41.2 Å². The lowest BCUT2D eigenvalue weighted by atomic mass is 10.2. The predicted octanol–water partition coefficient (Wildman–Crippen LogP) is 2.14. The van der Waals surface area contributed by atoms with E-state index in [0.717, 1.165) is 11.6 Å². The molecule has 0 bridgehead atoms. The normalized spacial score (nSPS) is 10.4. The van der Waals surface area contributed by atoms with Gasteiger partial charge in [0.2, 0.25) is 0 Å². The number of hydrogen-bond acceptors (Lipinski definition) is 6. The molecule has 2 aromatic rings. The van der Waals surface area contributed by atoms with E-state index >= 15 is 0 Å². The van der Waals surface area contributed by atoms with Gasteiger partial charge < -0.3 is 26.8 Å². The van der Waals surface area contributed by atoms with Crippen molar-refractivity contribution >= 4 is 23.2 Å². The molecule has 0 saturated heterocycles. The molecule has 0 fully saturated rings. The maximum Gasteiger partial charge on any atom is 0.252 e. The molecule has 0 aliphatic rings. The van der Waals surface area contributed by atoms with Crippen molar-refractivity contribution < 1.29 is 13.9 Å². The Bertz CT molecular complexity index is 767. The molecule has 0 aliphatic heterocycles. The summed E-state index contributed by atoms with van der Waals surface area (Å²) >= 11 is 0. The molecule has 7 nitrogen and oxygen atoms in total. The Hall–Kier alpha value is -2.87. The van der Waals surface area contributed by atoms with Crippen LogP contribution < -0.4 is 26.8 Å². The fourth-order valence-corrected chi connectivity index (χ4v) is 2.28. The first-order valence-electron chi connectivity index (χ1n) is 7.81. The van der Waals surface area contributed by atoms with E-state index in [1.54, 1.807) is 13.2 Å². The van der Waals surface area contributed by atoms with E-state index in [4.69, 9.17) is 16.2 Å². The minimum absolute atomic E-state index is 0.0283. The summed E-state index contributed by atoms with van der Waals surface area (Å²) in [6, 6.07) is 6.51. The second-order valence-electron chi connectivity index (χ2n) is 5.51. The fourth-order valence-electron chi connectivity index (χ4n) is 2.28. The lowest BCUT2D eigenvalue weighted by molar-refractivity contribution is 0.100. The number of hydrogen-bond donors (Lipinski definition) is 4. The number of halogens is 1. The number of carbonyl (C=O) groups is 1. The number of pyridine rings is 1. The van der Waals surface area contributed by atoms with E-state index < -0.39 is 11.7 Å². The number of primary amides is 1. The third-order valence-corrected chi connectivity index (χ3v) is 3.46. The molecular formula is C17H22FN5O2. The first-order valence-corrected chi connectivity index (χ1v) is 7.81. The number of rotatable bonds is 8. The third-order valence-electron chi connectivity index (χ3n) is 3.46. The Kier molecular flexibility index (Phi) is 6.13. The molecule has 0 aliphatic carbocycles. The number of methoxy groups -OCH3 is 1. The Morgan fingerprint density at radius 3 is 2.68 bits per heavy atom. The van der Waals surface area contributed by atoms with Gasteiger partial charge in [-0.1, -0.05) is 0 Å². The number of benzene rings is 1. The van der Waals surface area contributed by atoms with Crippen LogP contribution in [0.15, 0.2) is 24.3 Å². The van der Waals surface area contributed by atoms with Crippen LogP contribution in [-0.2, 0) is 0 Å². The Morgan fingerprint density at radius 1 is 1.28 bits per heavy atom. The largest absolute Gasteiger partial charge is 0.497 e. The second kappa shape index (κ2) is 8.29. The molecule has 0 saturated carbocycles. The van der Waals surface area contributed by atoms with Crippen molar-refractivity contribution in [2.75, 3.05) is 30.8 Å². The topological polar surface area (TPSA) is 115 Å². The van der Waals surface area contributed by atoms with Gasteiger partial charge in [0.15, 0.2) is 11.6 Å². The van der Waals surface area contributed by atoms with Crippen molar-refractivity contribution in [3.63, 3.8) is 0 Å². The summed E-state index contributed by atoms with van der Waals surface area (Å²) in [6.07, 6.45) is 0.663. The average molecular weight is 347 g/mol. The van der Waals surface area contributed by atoms with E-state index in [1.807, 2.05) is 19.1 Å². The molecular weight excluding hydrogens is 325 g/mol. The molecule has 0 radical (unpaired) electrons. The van der Waals surface area contributed by atoms with Crippen LogP contribution in [0.3, 0.4) is 0 Å². The highest BCUT2D eigenvalue weighted by Crippen LogP contribution is 2.27. The van der Waals surface area contributed by atoms with Gasteiger partial charge in [-0.05, 0) is 43.7 Å². The number of amides is 1. The molecule has 1 heterocycles. The first-order chi connectivity index (χ1) is 11.9. The molecule has 8 heteroatoms. The van der Waals surface area contributed by atoms with Crippen LogP contribution >= 0.6 is 0 Å². The van der Waals surface area contributed by atoms with Gasteiger partial charge in [0, 0.05) is 18.3 Å². The highest BCUT2D eigenvalue weighted by Gasteiger charge is 2.16. The lowest BCUT2D eigenvalue weighted by Gasteiger charge is -2.14. The number of carbonyl (C=O) groups excluding carboxylic acids is 1. The SMILES string of the molecule is COc1cc(C)cc(Nc2nc(NCCCN)c(F)cc2C(N)=O)c1. The zero-order valence-electron chi connectivity index (χ0n) is 14.2. The van der Waals surface area contributed by atoms with Gasteiger partial charge in [-0.15, -0.1) is 0 Å². The van der Waals surface area contributed by atoms with E-state index in [2.05, 4.69) is 15.6 Å². The van der Waals surface area contributed by atoms with Crippen LogP contribution in [0.25, 0.3) is 0 Å². The quantitative estimate of drug-likeness (QED) is 0.544. The minimum atomic E-state index is -0.776. The Morgan fingerprint density at radius 2 is 2.04 bits per heavy atom. The Labute approximate surface area is 145 Å². The number of nitrogens with two attached hydrogens (primary N) is 2. The highest BCUT2D eigenvalue weighted by atomic mass is 19.1. The molecule has 1 amide bonds. The summed E-state index contributed by atoms with van der Waals surface area (Å²) in [4.78, 5) is 15.8. The number of aryl methyl sites for hydroxylation is 1. The Balaban J connectivity index is 2.38. The predicted molar refractivity (Wildman–Crippen MR) is 95.9 cm³/mol. The molecule has 0 atom stereocenters. The second-order valence-corrected chi connectivity index (χ2v) is 5.51. The van der Waals surface area contributed by atoms with Gasteiger partial charge in [-0.2, -0.15) is 0 Å². The van der Waals surface area contributed by atoms with Crippen LogP contribution in [0.1, 0.15) is 22.3 Å². The van der Waals surface area contributed by atoms with Crippen LogP contribution in [0.4, 0.5) is 21.7 Å². The number of aromatic nitrogens is 1. The third kappa shape index (κ3) is 4.80. The molecule has 2 rings (SSSR count). The van der Waals surface area contributed by atoms with Crippen LogP contribution in [0, 0.1) is 12.7 Å². The smallest absolute Gasteiger partial charge is 0.252 e. The van der Waals surface area contributed by atoms with Gasteiger partial charge >= 0.3 is 0 Å². The highest BCUT2D eigenvalue weighted by molar-refractivity contribution is 5.98. The van der Waals surface area contributed by atoms with Crippen molar-refractivity contribution in [1.82, 2.24) is 4.98 Å². The molecule has 6 N–H and O–H groups in total. The van der Waals surface area contributed by atoms with Crippen molar-refractivity contribution in [2.24, 2.45) is 11.5 Å². The minimum Gasteiger partial charge on any atom is -0.497 e. The van der Waals surface area contributed by atoms with E-state index in [-0.39, 0.29) is 17.2 Å². The summed E-state index contributed by atoms with van der Waals surface area (Å²) in [5.74, 6) is -0.593. The molecule has 1 aromatic carbocycles. The number of ether oxygens (including phenoxy) is 1. The summed E-state index contributed by atoms with van der Waals surface area (Å²) in [7, 11) is 1.56. The maximum absolute atomic E-state index is 14.1. The lowest BCUT2D eigenvalue weighted by Crippen LogP contribution is -2.17. The van der Waals surface area contributed by atoms with E-state index in [9.17, 15) is 9.18 Å². The molecule has 134 valence electrons. The molecule has 1 aromatic heterocycles. The van der Waals surface area contributed by atoms with Crippen molar-refractivity contribution in [1.29, 1.82) is 0 Å². The van der Waals surface area contributed by atoms with Crippen LogP contribution in [0.5, 0.6) is 5.75 Å². The van der Waals surface area contributed by atoms with Gasteiger partial charge in [-0.3, -0.25) is 4.79 Å². The van der Waals surface area contributed by atoms with Crippen molar-refractivity contribution in [2.45, 2.75) is 13.3 Å². The zero-order valence-corrected chi connectivity index (χ0v) is 14.2. The number of anilines is 3. The first kappa shape index (κ1) is 18.5. The van der Waals surface area contributed by atoms with Gasteiger partial charge in [0.05, 0.1) is 12.7 Å². The maximum atomic E-state index is 14.1. The fraction of sp³-hybridized carbons (Fsp3) is 0.294. The molecule has 0 unspecified atom stereocenters. The number of nitrogens with zero attached hydrogens (tertiary/aromatic N) is 1. The summed E-state index contributed by atoms with van der Waals surface area (Å²) in [5, 5.41) is 5.86. The summed E-state index contributed by atoms with van der Waals surface area (Å²) in [6.45, 7) is 2.84. The van der Waals surface area contributed by atoms with Crippen LogP contribution in [0.2, 0.25) is 0 Å². The molecule has 25 heavy (non-hydrogen) atoms. The number of nitrogens with one attached hydrogen (secondary N) is 2. The standard InChI is InChI=1S/C17H22FN5O2/c1-10-6-11(8-12(7-10)25-2)22-16-13(15(20)24)9-14(18)17(23-16)21-5-3-4-19/h6-9H,3-5,19H2,1-2H3,(H2,20,24)(H2,21,22,23). The summed E-state index contributed by atoms with van der Waals surface area (Å²) in [5.41, 5.74) is 12.3. The van der Waals surface area contributed by atoms with Crippen LogP contribution in [-0.4, -0.2) is 31.1 Å². The monoisotopic (exact) mass is 347 g/mol. The van der Waals surface area contributed by atoms with E-state index in [1.165, 1.54) is 0 Å². The van der Waals surface area contributed by atoms with Gasteiger partial charge in [-0.25, -0.2) is 9.37 Å². The average Bonchev–Trinajstić information content (AvgIpc) is 2.56. The molecule has 0 spiro atoms. The zero-order chi connectivity index (χ0) is 18.4. The van der Waals surface area contributed by atoms with Gasteiger partial charge in [0.25, 0.3) is 5.91 Å². The summed E-state index contributed by atoms with van der Waals surface area (Å²) < 4.78 is 19.4.